The fourth-order valence-corrected chi connectivity index (χ4v) is 6.28. The lowest BCUT2D eigenvalue weighted by Crippen LogP contribution is -2.42. The van der Waals surface area contributed by atoms with Crippen molar-refractivity contribution in [2.75, 3.05) is 12.3 Å². The fraction of sp³-hybridized carbons (Fsp3) is 0.333. The molecule has 2 rings (SSSR count). The molecule has 0 spiro atoms. The summed E-state index contributed by atoms with van der Waals surface area (Å²) < 4.78 is 5.51. The third kappa shape index (κ3) is 2.01. The Morgan fingerprint density at radius 2 is 2.23 bits per heavy atom. The van der Waals surface area contributed by atoms with Gasteiger partial charge < -0.3 is 10.2 Å². The van der Waals surface area contributed by atoms with Crippen LogP contribution in [0.2, 0.25) is 6.04 Å². The smallest absolute Gasteiger partial charge is 0.215 e. The minimum atomic E-state index is -0.475. The second-order valence-electron chi connectivity index (χ2n) is 3.12. The van der Waals surface area contributed by atoms with Crippen molar-refractivity contribution in [3.63, 3.8) is 0 Å². The highest BCUT2D eigenvalue weighted by molar-refractivity contribution is 7.17. The predicted octanol–water partition coefficient (Wildman–Crippen LogP) is 0.507. The molecule has 1 aliphatic heterocycles. The van der Waals surface area contributed by atoms with Gasteiger partial charge in [0.05, 0.1) is 0 Å². The molecule has 4 heteroatoms. The van der Waals surface area contributed by atoms with Crippen LogP contribution in [-0.2, 0) is 4.43 Å². The first-order valence-corrected chi connectivity index (χ1v) is 8.08. The standard InChI is InChI=1S/C9H12NOSi2/c10-8-4-1-2-5-9(8)13-7-3-6-11-12-13/h1-2,4-5H,3,6-7,10H2. The molecule has 2 nitrogen and oxygen atoms in total. The third-order valence-corrected chi connectivity index (χ3v) is 7.44. The molecule has 0 aliphatic carbocycles. The van der Waals surface area contributed by atoms with Crippen LogP contribution in [0.15, 0.2) is 24.3 Å². The van der Waals surface area contributed by atoms with Crippen LogP contribution in [0.3, 0.4) is 0 Å². The maximum absolute atomic E-state index is 5.93. The quantitative estimate of drug-likeness (QED) is 0.537. The van der Waals surface area contributed by atoms with Crippen molar-refractivity contribution in [2.24, 2.45) is 0 Å². The van der Waals surface area contributed by atoms with E-state index in [1.54, 1.807) is 0 Å². The summed E-state index contributed by atoms with van der Waals surface area (Å²) in [6.07, 6.45) is 1.20. The van der Waals surface area contributed by atoms with Crippen molar-refractivity contribution < 1.29 is 4.43 Å². The highest BCUT2D eigenvalue weighted by atomic mass is 29.2. The summed E-state index contributed by atoms with van der Waals surface area (Å²) in [5, 5.41) is 1.37. The normalized spacial score (nSPS) is 18.8. The first-order valence-electron chi connectivity index (χ1n) is 4.46. The average molecular weight is 206 g/mol. The van der Waals surface area contributed by atoms with Gasteiger partial charge >= 0.3 is 0 Å². The minimum absolute atomic E-state index is 0.475. The molecule has 67 valence electrons. The van der Waals surface area contributed by atoms with E-state index in [-0.39, 0.29) is 0 Å². The SMILES string of the molecule is Nc1ccccc1[Si]1CCCO[Si]1. The summed E-state index contributed by atoms with van der Waals surface area (Å²) in [5.74, 6) is 0. The van der Waals surface area contributed by atoms with Crippen molar-refractivity contribution in [1.29, 1.82) is 0 Å². The Morgan fingerprint density at radius 1 is 1.38 bits per heavy atom. The van der Waals surface area contributed by atoms with E-state index in [1.165, 1.54) is 17.7 Å². The number of nitrogens with two attached hydrogens (primary N) is 1. The topological polar surface area (TPSA) is 35.2 Å². The van der Waals surface area contributed by atoms with Crippen molar-refractivity contribution in [1.82, 2.24) is 0 Å². The summed E-state index contributed by atoms with van der Waals surface area (Å²) >= 11 is 0. The summed E-state index contributed by atoms with van der Waals surface area (Å²) in [7, 11) is 0.213. The van der Waals surface area contributed by atoms with E-state index >= 15 is 0 Å². The van der Waals surface area contributed by atoms with Gasteiger partial charge in [-0.25, -0.2) is 0 Å². The number of rotatable bonds is 1. The van der Waals surface area contributed by atoms with Crippen LogP contribution >= 0.6 is 0 Å². The second kappa shape index (κ2) is 4.08. The molecule has 1 fully saturated rings. The number of hydrogen-bond acceptors (Lipinski definition) is 2. The third-order valence-electron chi connectivity index (χ3n) is 2.15. The van der Waals surface area contributed by atoms with Gasteiger partial charge in [-0.3, -0.25) is 0 Å². The molecule has 1 aromatic carbocycles. The van der Waals surface area contributed by atoms with Crippen LogP contribution < -0.4 is 10.9 Å². The maximum Gasteiger partial charge on any atom is 0.215 e. The molecule has 1 aromatic rings. The van der Waals surface area contributed by atoms with Crippen LogP contribution in [0.1, 0.15) is 6.42 Å². The Hall–Kier alpha value is -0.586. The van der Waals surface area contributed by atoms with E-state index in [0.29, 0.717) is 9.28 Å². The minimum Gasteiger partial charge on any atom is -0.421 e. The Balaban J connectivity index is 2.18. The highest BCUT2D eigenvalue weighted by Gasteiger charge is 2.21. The lowest BCUT2D eigenvalue weighted by Gasteiger charge is -2.20. The zero-order valence-electron chi connectivity index (χ0n) is 7.42. The Bertz CT molecular complexity index is 287. The molecule has 1 aliphatic rings. The molecule has 13 heavy (non-hydrogen) atoms. The largest absolute Gasteiger partial charge is 0.421 e. The number of nitrogen functional groups attached to an aromatic ring is 1. The molecule has 1 heterocycles. The lowest BCUT2D eigenvalue weighted by atomic mass is 10.3. The summed E-state index contributed by atoms with van der Waals surface area (Å²) in [6.45, 7) is 0.944. The predicted molar refractivity (Wildman–Crippen MR) is 57.4 cm³/mol. The number of benzene rings is 1. The van der Waals surface area contributed by atoms with E-state index < -0.39 is 8.31 Å². The van der Waals surface area contributed by atoms with Gasteiger partial charge in [0.1, 0.15) is 8.31 Å². The van der Waals surface area contributed by atoms with E-state index in [4.69, 9.17) is 10.2 Å². The van der Waals surface area contributed by atoms with Gasteiger partial charge in [0.2, 0.25) is 9.28 Å². The van der Waals surface area contributed by atoms with Gasteiger partial charge in [-0.1, -0.05) is 24.2 Å². The van der Waals surface area contributed by atoms with Gasteiger partial charge in [-0.15, -0.1) is 0 Å². The van der Waals surface area contributed by atoms with Crippen molar-refractivity contribution in [3.05, 3.63) is 24.3 Å². The molecule has 0 amide bonds. The second-order valence-corrected chi connectivity index (χ2v) is 8.03. The van der Waals surface area contributed by atoms with Crippen LogP contribution in [0.4, 0.5) is 5.69 Å². The van der Waals surface area contributed by atoms with Gasteiger partial charge in [0.15, 0.2) is 0 Å². The van der Waals surface area contributed by atoms with E-state index in [1.807, 2.05) is 12.1 Å². The zero-order chi connectivity index (χ0) is 9.10. The van der Waals surface area contributed by atoms with E-state index in [0.717, 1.165) is 12.3 Å². The van der Waals surface area contributed by atoms with Crippen molar-refractivity contribution >= 4 is 28.5 Å². The van der Waals surface area contributed by atoms with Crippen LogP contribution in [0, 0.1) is 0 Å². The van der Waals surface area contributed by atoms with Crippen LogP contribution in [0.25, 0.3) is 0 Å². The number of hydrogen-bond donors (Lipinski definition) is 1. The molecule has 0 aromatic heterocycles. The maximum atomic E-state index is 5.93. The van der Waals surface area contributed by atoms with Crippen molar-refractivity contribution in [3.8, 4) is 0 Å². The zero-order valence-corrected chi connectivity index (χ0v) is 9.42. The van der Waals surface area contributed by atoms with Crippen LogP contribution in [-0.4, -0.2) is 24.2 Å². The summed E-state index contributed by atoms with van der Waals surface area (Å²) in [4.78, 5) is 0. The average Bonchev–Trinajstić information content (AvgIpc) is 2.20. The monoisotopic (exact) mass is 206 g/mol. The molecule has 1 saturated heterocycles. The van der Waals surface area contributed by atoms with Gasteiger partial charge in [0.25, 0.3) is 0 Å². The van der Waals surface area contributed by atoms with E-state index in [9.17, 15) is 0 Å². The fourth-order valence-electron chi connectivity index (χ4n) is 1.47. The first-order chi connectivity index (χ1) is 6.38. The van der Waals surface area contributed by atoms with E-state index in [2.05, 4.69) is 12.1 Å². The lowest BCUT2D eigenvalue weighted by molar-refractivity contribution is 0.336. The molecule has 3 radical (unpaired) electrons. The van der Waals surface area contributed by atoms with Gasteiger partial charge in [0, 0.05) is 12.3 Å². The number of para-hydroxylation sites is 1. The summed E-state index contributed by atoms with van der Waals surface area (Å²) in [6, 6.07) is 9.53. The molecular weight excluding hydrogens is 194 g/mol. The Morgan fingerprint density at radius 3 is 2.92 bits per heavy atom. The Kier molecular flexibility index (Phi) is 2.82. The molecule has 2 N–H and O–H groups in total. The van der Waals surface area contributed by atoms with Gasteiger partial charge in [-0.2, -0.15) is 0 Å². The Labute approximate surface area is 82.4 Å². The summed E-state index contributed by atoms with van der Waals surface area (Å²) in [5.41, 5.74) is 6.88. The highest BCUT2D eigenvalue weighted by Crippen LogP contribution is 2.08. The van der Waals surface area contributed by atoms with Gasteiger partial charge in [-0.05, 0) is 17.7 Å². The molecule has 0 bridgehead atoms. The first kappa shape index (κ1) is 8.99. The molecule has 0 atom stereocenters. The molecule has 0 saturated carbocycles. The number of anilines is 1. The molecular formula is C9H12NOSi2. The van der Waals surface area contributed by atoms with Crippen molar-refractivity contribution in [2.45, 2.75) is 12.5 Å². The van der Waals surface area contributed by atoms with Crippen LogP contribution in [0.5, 0.6) is 0 Å². The molecule has 0 unspecified atom stereocenters.